The van der Waals surface area contributed by atoms with Crippen LogP contribution in [0.25, 0.3) is 0 Å². The molecule has 2 amide bonds. The van der Waals surface area contributed by atoms with Crippen molar-refractivity contribution in [3.05, 3.63) is 131 Å². The molecule has 172 valence electrons. The number of amides is 2. The van der Waals surface area contributed by atoms with Gasteiger partial charge in [0.15, 0.2) is 0 Å². The Morgan fingerprint density at radius 1 is 0.743 bits per heavy atom. The van der Waals surface area contributed by atoms with Gasteiger partial charge in [-0.2, -0.15) is 0 Å². The fourth-order valence-electron chi connectivity index (χ4n) is 6.39. The fraction of sp³-hybridized carbons (Fsp3) is 0.200. The molecule has 3 aliphatic heterocycles. The maximum atomic E-state index is 14.6. The van der Waals surface area contributed by atoms with Crippen molar-refractivity contribution in [2.45, 2.75) is 36.0 Å². The second-order valence-electron chi connectivity index (χ2n) is 9.83. The molecule has 5 heteroatoms. The molecule has 8 rings (SSSR count). The molecule has 3 heterocycles. The lowest BCUT2D eigenvalue weighted by Gasteiger charge is -2.48. The summed E-state index contributed by atoms with van der Waals surface area (Å²) in [5.74, 6) is -0.449. The van der Waals surface area contributed by atoms with Crippen LogP contribution in [0.4, 0.5) is 0 Å². The van der Waals surface area contributed by atoms with E-state index in [0.717, 1.165) is 27.8 Å². The van der Waals surface area contributed by atoms with Crippen molar-refractivity contribution >= 4 is 11.8 Å². The maximum Gasteiger partial charge on any atom is 0.245 e. The first kappa shape index (κ1) is 20.6. The number of imide groups is 1. The van der Waals surface area contributed by atoms with Gasteiger partial charge in [0.1, 0.15) is 22.5 Å². The molecule has 3 aromatic rings. The molecule has 1 fully saturated rings. The SMILES string of the molecule is C[C@@]12C=C[C@]3(C(=O)N(Cc4ccccc4)C(=O)[C@]34C=C[C@@H](OO1)c1ccccc14)c1ccccc12. The third-order valence-electron chi connectivity index (χ3n) is 8.05. The van der Waals surface area contributed by atoms with E-state index >= 15 is 0 Å². The van der Waals surface area contributed by atoms with Crippen LogP contribution in [0, 0.1) is 0 Å². The lowest BCUT2D eigenvalue weighted by molar-refractivity contribution is -0.370. The van der Waals surface area contributed by atoms with Crippen LogP contribution in [0.5, 0.6) is 0 Å². The summed E-state index contributed by atoms with van der Waals surface area (Å²) in [4.78, 5) is 42.7. The average Bonchev–Trinajstić information content (AvgIpc) is 3.07. The normalized spacial score (nSPS) is 31.9. The van der Waals surface area contributed by atoms with Gasteiger partial charge in [0.25, 0.3) is 0 Å². The van der Waals surface area contributed by atoms with Gasteiger partial charge in [-0.1, -0.05) is 97.1 Å². The number of benzene rings is 3. The molecule has 3 aromatic carbocycles. The summed E-state index contributed by atoms with van der Waals surface area (Å²) >= 11 is 0. The Kier molecular flexibility index (Phi) is 4.04. The maximum absolute atomic E-state index is 14.6. The van der Waals surface area contributed by atoms with Gasteiger partial charge in [-0.15, -0.1) is 0 Å². The molecule has 2 aliphatic carbocycles. The zero-order valence-corrected chi connectivity index (χ0v) is 19.2. The van der Waals surface area contributed by atoms with E-state index in [4.69, 9.17) is 9.78 Å². The van der Waals surface area contributed by atoms with E-state index < -0.39 is 22.5 Å². The van der Waals surface area contributed by atoms with E-state index in [1.54, 1.807) is 0 Å². The third-order valence-corrected chi connectivity index (χ3v) is 8.05. The lowest BCUT2D eigenvalue weighted by atomic mass is 9.53. The largest absolute Gasteiger partial charge is 0.276 e. The van der Waals surface area contributed by atoms with Gasteiger partial charge in [0.05, 0.1) is 6.54 Å². The fourth-order valence-corrected chi connectivity index (χ4v) is 6.39. The molecule has 35 heavy (non-hydrogen) atoms. The quantitative estimate of drug-likeness (QED) is 0.313. The number of hydrogen-bond donors (Lipinski definition) is 0. The van der Waals surface area contributed by atoms with E-state index in [9.17, 15) is 9.59 Å². The Labute approximate surface area is 203 Å². The second kappa shape index (κ2) is 6.87. The molecule has 0 aromatic heterocycles. The van der Waals surface area contributed by atoms with Gasteiger partial charge >= 0.3 is 0 Å². The summed E-state index contributed by atoms with van der Waals surface area (Å²) in [6, 6.07) is 25.1. The Morgan fingerprint density at radius 2 is 1.37 bits per heavy atom. The van der Waals surface area contributed by atoms with Crippen molar-refractivity contribution in [1.29, 1.82) is 0 Å². The molecule has 0 saturated carbocycles. The van der Waals surface area contributed by atoms with Crippen LogP contribution in [0.1, 0.15) is 40.8 Å². The minimum Gasteiger partial charge on any atom is -0.276 e. The number of likely N-dealkylation sites (tertiary alicyclic amines) is 1. The van der Waals surface area contributed by atoms with Crippen LogP contribution in [-0.2, 0) is 42.3 Å². The Hall–Kier alpha value is -3.80. The number of rotatable bonds is 2. The highest BCUT2D eigenvalue weighted by atomic mass is 17.2. The molecule has 0 N–H and O–H groups in total. The van der Waals surface area contributed by atoms with Crippen molar-refractivity contribution in [2.75, 3.05) is 0 Å². The van der Waals surface area contributed by atoms with Gasteiger partial charge in [-0.25, -0.2) is 9.78 Å². The number of nitrogens with zero attached hydrogens (tertiary/aromatic N) is 1. The van der Waals surface area contributed by atoms with Crippen molar-refractivity contribution in [3.63, 3.8) is 0 Å². The summed E-state index contributed by atoms with van der Waals surface area (Å²) < 4.78 is 0. The van der Waals surface area contributed by atoms with Crippen LogP contribution in [0.2, 0.25) is 0 Å². The lowest BCUT2D eigenvalue weighted by Crippen LogP contribution is -2.54. The molecule has 0 radical (unpaired) electrons. The Bertz CT molecular complexity index is 1460. The van der Waals surface area contributed by atoms with Gasteiger partial charge < -0.3 is 0 Å². The van der Waals surface area contributed by atoms with Gasteiger partial charge in [0, 0.05) is 0 Å². The van der Waals surface area contributed by atoms with E-state index in [2.05, 4.69) is 0 Å². The topological polar surface area (TPSA) is 55.8 Å². The predicted molar refractivity (Wildman–Crippen MR) is 129 cm³/mol. The molecule has 0 unspecified atom stereocenters. The van der Waals surface area contributed by atoms with Crippen molar-refractivity contribution < 1.29 is 19.4 Å². The predicted octanol–water partition coefficient (Wildman–Crippen LogP) is 4.79. The Balaban J connectivity index is 1.58. The zero-order valence-electron chi connectivity index (χ0n) is 19.2. The van der Waals surface area contributed by atoms with Crippen molar-refractivity contribution in [1.82, 2.24) is 4.90 Å². The number of carbonyl (C=O) groups is 2. The zero-order chi connectivity index (χ0) is 23.8. The van der Waals surface area contributed by atoms with E-state index in [0.29, 0.717) is 0 Å². The smallest absolute Gasteiger partial charge is 0.245 e. The summed E-state index contributed by atoms with van der Waals surface area (Å²) in [5, 5.41) is 0. The summed E-state index contributed by atoms with van der Waals surface area (Å²) in [6.45, 7) is 2.14. The highest BCUT2D eigenvalue weighted by Gasteiger charge is 2.71. The number of carbonyl (C=O) groups excluding carboxylic acids is 2. The number of hydrogen-bond acceptors (Lipinski definition) is 4. The average molecular weight is 462 g/mol. The summed E-state index contributed by atoms with van der Waals surface area (Å²) in [7, 11) is 0. The second-order valence-corrected chi connectivity index (χ2v) is 9.83. The Morgan fingerprint density at radius 3 is 2.14 bits per heavy atom. The first-order valence-corrected chi connectivity index (χ1v) is 11.9. The first-order chi connectivity index (χ1) is 17.0. The van der Waals surface area contributed by atoms with Crippen LogP contribution in [0.15, 0.2) is 103 Å². The van der Waals surface area contributed by atoms with E-state index in [-0.39, 0.29) is 18.4 Å². The highest BCUT2D eigenvalue weighted by Crippen LogP contribution is 2.61. The minimum absolute atomic E-state index is 0.210. The third kappa shape index (κ3) is 2.39. The van der Waals surface area contributed by atoms with Gasteiger partial charge in [0.2, 0.25) is 11.8 Å². The van der Waals surface area contributed by atoms with Gasteiger partial charge in [-0.05, 0) is 40.8 Å². The van der Waals surface area contributed by atoms with Crippen LogP contribution in [-0.4, -0.2) is 16.7 Å². The molecule has 4 atom stereocenters. The number of fused-ring (bicyclic) bond motifs is 2. The molecule has 1 saturated heterocycles. The summed E-state index contributed by atoms with van der Waals surface area (Å²) in [5.41, 5.74) is 0.716. The minimum atomic E-state index is -1.24. The summed E-state index contributed by atoms with van der Waals surface area (Å²) in [6.07, 6.45) is 7.02. The van der Waals surface area contributed by atoms with Crippen LogP contribution < -0.4 is 0 Å². The van der Waals surface area contributed by atoms with Crippen LogP contribution >= 0.6 is 0 Å². The standard InChI is InChI=1S/C30H23NO4/c1-28-17-18-30(24-14-8-7-13-23(24)28)27(33)31(19-20-9-3-2-4-10-20)26(32)29(30)16-15-25(34-35-28)21-11-5-6-12-22(21)29/h2-18,25H,19H2,1H3/t25-,28+,29-,30-/m1/s1. The van der Waals surface area contributed by atoms with Crippen molar-refractivity contribution in [2.24, 2.45) is 0 Å². The monoisotopic (exact) mass is 461 g/mol. The molecule has 2 spiro atoms. The van der Waals surface area contributed by atoms with Gasteiger partial charge in [-0.3, -0.25) is 14.5 Å². The van der Waals surface area contributed by atoms with E-state index in [1.165, 1.54) is 4.90 Å². The van der Waals surface area contributed by atoms with E-state index in [1.807, 2.05) is 110 Å². The molecule has 5 nitrogen and oxygen atoms in total. The molecular formula is C30H23NO4. The van der Waals surface area contributed by atoms with Crippen molar-refractivity contribution in [3.8, 4) is 0 Å². The first-order valence-electron chi connectivity index (χ1n) is 11.9. The highest BCUT2D eigenvalue weighted by molar-refractivity contribution is 6.18. The molecule has 4 bridgehead atoms. The van der Waals surface area contributed by atoms with Crippen LogP contribution in [0.3, 0.4) is 0 Å². The molecule has 5 aliphatic rings. The molecular weight excluding hydrogens is 438 g/mol.